The second-order valence-corrected chi connectivity index (χ2v) is 5.20. The largest absolute Gasteiger partial charge is 0.245 e. The molecule has 0 aliphatic rings. The summed E-state index contributed by atoms with van der Waals surface area (Å²) in [6.07, 6.45) is 1.62. The van der Waals surface area contributed by atoms with Gasteiger partial charge in [0, 0.05) is 16.8 Å². The van der Waals surface area contributed by atoms with Crippen LogP contribution in [0, 0.1) is 0 Å². The lowest BCUT2D eigenvalue weighted by molar-refractivity contribution is 0.680. The van der Waals surface area contributed by atoms with E-state index in [1.54, 1.807) is 13.2 Å². The lowest BCUT2D eigenvalue weighted by Gasteiger charge is -2.02. The summed E-state index contributed by atoms with van der Waals surface area (Å²) in [6.45, 7) is 5.36. The zero-order valence-electron chi connectivity index (χ0n) is 7.86. The predicted molar refractivity (Wildman–Crippen MR) is 56.0 cm³/mol. The molecular weight excluding hydrogens is 182 g/mol. The van der Waals surface area contributed by atoms with Gasteiger partial charge in [0.05, 0.1) is 9.73 Å². The Labute approximate surface area is 79.5 Å². The molecule has 13 heavy (non-hydrogen) atoms. The van der Waals surface area contributed by atoms with Crippen molar-refractivity contribution in [2.45, 2.75) is 11.8 Å². The van der Waals surface area contributed by atoms with Crippen LogP contribution < -0.4 is 0 Å². The average molecular weight is 195 g/mol. The van der Waals surface area contributed by atoms with Crippen molar-refractivity contribution in [2.24, 2.45) is 4.36 Å². The fraction of sp³-hybridized carbons (Fsp3) is 0.200. The van der Waals surface area contributed by atoms with Crippen molar-refractivity contribution >= 4 is 9.73 Å². The molecule has 0 bridgehead atoms. The second-order valence-electron chi connectivity index (χ2n) is 2.94. The van der Waals surface area contributed by atoms with Crippen LogP contribution in [0.25, 0.3) is 0 Å². The van der Waals surface area contributed by atoms with Gasteiger partial charge in [-0.3, -0.25) is 0 Å². The molecule has 0 radical (unpaired) electrons. The van der Waals surface area contributed by atoms with Gasteiger partial charge < -0.3 is 0 Å². The predicted octanol–water partition coefficient (Wildman–Crippen LogP) is 2.68. The third kappa shape index (κ3) is 2.70. The molecule has 0 aliphatic heterocycles. The topological polar surface area (TPSA) is 29.4 Å². The van der Waals surface area contributed by atoms with E-state index in [4.69, 9.17) is 0 Å². The molecule has 0 N–H and O–H groups in total. The Balaban J connectivity index is 3.24. The SMILES string of the molecule is C=C(C)N=S(C)(=O)c1ccccc1. The van der Waals surface area contributed by atoms with E-state index in [-0.39, 0.29) is 0 Å². The molecule has 0 heterocycles. The molecule has 1 aromatic rings. The highest BCUT2D eigenvalue weighted by molar-refractivity contribution is 7.93. The molecule has 0 spiro atoms. The van der Waals surface area contributed by atoms with Crippen molar-refractivity contribution < 1.29 is 4.21 Å². The van der Waals surface area contributed by atoms with E-state index >= 15 is 0 Å². The number of allylic oxidation sites excluding steroid dienone is 1. The van der Waals surface area contributed by atoms with Crippen LogP contribution in [0.2, 0.25) is 0 Å². The third-order valence-corrected chi connectivity index (χ3v) is 3.32. The van der Waals surface area contributed by atoms with E-state index in [9.17, 15) is 4.21 Å². The second kappa shape index (κ2) is 3.75. The Morgan fingerprint density at radius 1 is 1.38 bits per heavy atom. The molecule has 3 heteroatoms. The maximum Gasteiger partial charge on any atom is 0.0767 e. The highest BCUT2D eigenvalue weighted by atomic mass is 32.2. The molecule has 70 valence electrons. The number of nitrogens with zero attached hydrogens (tertiary/aromatic N) is 1. The molecule has 0 aliphatic carbocycles. The average Bonchev–Trinajstić information content (AvgIpc) is 2.04. The van der Waals surface area contributed by atoms with Crippen LogP contribution in [0.15, 0.2) is 51.9 Å². The van der Waals surface area contributed by atoms with Crippen molar-refractivity contribution in [3.63, 3.8) is 0 Å². The van der Waals surface area contributed by atoms with E-state index in [0.29, 0.717) is 5.70 Å². The smallest absolute Gasteiger partial charge is 0.0767 e. The van der Waals surface area contributed by atoms with Crippen LogP contribution in [0.1, 0.15) is 6.92 Å². The van der Waals surface area contributed by atoms with E-state index in [2.05, 4.69) is 10.9 Å². The van der Waals surface area contributed by atoms with Gasteiger partial charge in [0.2, 0.25) is 0 Å². The summed E-state index contributed by atoms with van der Waals surface area (Å²) in [5, 5.41) is 0. The fourth-order valence-electron chi connectivity index (χ4n) is 1.02. The zero-order valence-corrected chi connectivity index (χ0v) is 8.67. The highest BCUT2D eigenvalue weighted by Gasteiger charge is 2.03. The standard InChI is InChI=1S/C10H13NOS/c1-9(2)11-13(3,12)10-7-5-4-6-8-10/h4-8H,1H2,2-3H3. The summed E-state index contributed by atoms with van der Waals surface area (Å²) < 4.78 is 16.0. The van der Waals surface area contributed by atoms with Gasteiger partial charge >= 0.3 is 0 Å². The minimum atomic E-state index is -2.28. The molecule has 1 atom stereocenters. The van der Waals surface area contributed by atoms with Gasteiger partial charge in [0.25, 0.3) is 0 Å². The summed E-state index contributed by atoms with van der Waals surface area (Å²) in [6, 6.07) is 9.22. The number of benzene rings is 1. The number of hydrogen-bond acceptors (Lipinski definition) is 2. The van der Waals surface area contributed by atoms with Gasteiger partial charge in [-0.2, -0.15) is 0 Å². The molecule has 2 nitrogen and oxygen atoms in total. The summed E-state index contributed by atoms with van der Waals surface area (Å²) in [7, 11) is -2.28. The normalized spacial score (nSPS) is 14.6. The van der Waals surface area contributed by atoms with Gasteiger partial charge in [-0.25, -0.2) is 8.57 Å². The van der Waals surface area contributed by atoms with Crippen molar-refractivity contribution in [3.8, 4) is 0 Å². The van der Waals surface area contributed by atoms with Gasteiger partial charge in [-0.1, -0.05) is 24.8 Å². The Hall–Kier alpha value is -1.09. The van der Waals surface area contributed by atoms with Gasteiger partial charge in [-0.15, -0.1) is 0 Å². The van der Waals surface area contributed by atoms with E-state index in [1.807, 2.05) is 30.3 Å². The van der Waals surface area contributed by atoms with E-state index in [1.165, 1.54) is 0 Å². The van der Waals surface area contributed by atoms with Crippen molar-refractivity contribution in [3.05, 3.63) is 42.6 Å². The molecule has 1 unspecified atom stereocenters. The molecular formula is C10H13NOS. The highest BCUT2D eigenvalue weighted by Crippen LogP contribution is 2.12. The van der Waals surface area contributed by atoms with Crippen LogP contribution in [0.3, 0.4) is 0 Å². The van der Waals surface area contributed by atoms with Crippen LogP contribution >= 0.6 is 0 Å². The molecule has 0 saturated carbocycles. The molecule has 0 saturated heterocycles. The van der Waals surface area contributed by atoms with E-state index in [0.717, 1.165) is 4.90 Å². The molecule has 0 fully saturated rings. The first-order valence-electron chi connectivity index (χ1n) is 3.95. The summed E-state index contributed by atoms with van der Waals surface area (Å²) in [4.78, 5) is 0.748. The first-order valence-corrected chi connectivity index (χ1v) is 5.87. The Morgan fingerprint density at radius 2 is 1.92 bits per heavy atom. The van der Waals surface area contributed by atoms with E-state index < -0.39 is 9.73 Å². The van der Waals surface area contributed by atoms with Crippen LogP contribution in [0.4, 0.5) is 0 Å². The molecule has 1 rings (SSSR count). The Kier molecular flexibility index (Phi) is 2.88. The van der Waals surface area contributed by atoms with Gasteiger partial charge in [-0.05, 0) is 19.1 Å². The first-order chi connectivity index (χ1) is 6.02. The molecule has 0 amide bonds. The Morgan fingerprint density at radius 3 is 2.38 bits per heavy atom. The minimum absolute atomic E-state index is 0.594. The first kappa shape index (κ1) is 9.99. The van der Waals surface area contributed by atoms with Crippen LogP contribution in [-0.4, -0.2) is 10.5 Å². The lowest BCUT2D eigenvalue weighted by Crippen LogP contribution is -1.96. The van der Waals surface area contributed by atoms with Crippen molar-refractivity contribution in [2.75, 3.05) is 6.26 Å². The minimum Gasteiger partial charge on any atom is -0.245 e. The maximum absolute atomic E-state index is 12.0. The van der Waals surface area contributed by atoms with Crippen LogP contribution in [-0.2, 0) is 9.73 Å². The molecule has 1 aromatic carbocycles. The number of hydrogen-bond donors (Lipinski definition) is 0. The summed E-state index contributed by atoms with van der Waals surface area (Å²) in [5.74, 6) is 0. The Bertz CT molecular complexity index is 414. The quantitative estimate of drug-likeness (QED) is 0.713. The van der Waals surface area contributed by atoms with Gasteiger partial charge in [0.15, 0.2) is 0 Å². The lowest BCUT2D eigenvalue weighted by atomic mass is 10.4. The molecule has 0 aromatic heterocycles. The monoisotopic (exact) mass is 195 g/mol. The number of rotatable bonds is 2. The van der Waals surface area contributed by atoms with Crippen LogP contribution in [0.5, 0.6) is 0 Å². The zero-order chi connectivity index (χ0) is 9.90. The third-order valence-electron chi connectivity index (χ3n) is 1.51. The maximum atomic E-state index is 12.0. The fourth-order valence-corrected chi connectivity index (χ4v) is 2.39. The summed E-state index contributed by atoms with van der Waals surface area (Å²) >= 11 is 0. The summed E-state index contributed by atoms with van der Waals surface area (Å²) in [5.41, 5.74) is 0.594. The van der Waals surface area contributed by atoms with Gasteiger partial charge in [0.1, 0.15) is 0 Å². The van der Waals surface area contributed by atoms with Crippen molar-refractivity contribution in [1.82, 2.24) is 0 Å². The van der Waals surface area contributed by atoms with Crippen molar-refractivity contribution in [1.29, 1.82) is 0 Å².